The first-order chi connectivity index (χ1) is 14.7. The van der Waals surface area contributed by atoms with Crippen LogP contribution in [0.3, 0.4) is 0 Å². The molecule has 0 bridgehead atoms. The Labute approximate surface area is 236 Å². The van der Waals surface area contributed by atoms with Crippen molar-refractivity contribution in [3.63, 3.8) is 0 Å². The maximum absolute atomic E-state index is 5.96. The van der Waals surface area contributed by atoms with E-state index in [1.807, 2.05) is 19.1 Å². The first-order valence-corrected chi connectivity index (χ1v) is 15.0. The van der Waals surface area contributed by atoms with Gasteiger partial charge in [-0.2, -0.15) is 0 Å². The summed E-state index contributed by atoms with van der Waals surface area (Å²) in [6.07, 6.45) is 7.42. The monoisotopic (exact) mass is 808 g/mol. The second-order valence-corrected chi connectivity index (χ2v) is 14.2. The van der Waals surface area contributed by atoms with E-state index in [1.165, 1.54) is 37.7 Å². The maximum atomic E-state index is 5.96. The van der Waals surface area contributed by atoms with E-state index in [9.17, 15) is 0 Å². The summed E-state index contributed by atoms with van der Waals surface area (Å²) < 4.78 is 15.3. The molecule has 2 rings (SSSR count). The third kappa shape index (κ3) is 8.27. The van der Waals surface area contributed by atoms with Crippen molar-refractivity contribution in [1.82, 2.24) is 0 Å². The molecule has 0 saturated carbocycles. The molecule has 0 aromatic heterocycles. The second kappa shape index (κ2) is 13.7. The Morgan fingerprint density at radius 3 is 1.87 bits per heavy atom. The summed E-state index contributed by atoms with van der Waals surface area (Å²) in [6, 6.07) is 8.23. The average Bonchev–Trinajstić information content (AvgIpc) is 2.76. The summed E-state index contributed by atoms with van der Waals surface area (Å²) in [7, 11) is 0. The predicted octanol–water partition coefficient (Wildman–Crippen LogP) is 10.8. The van der Waals surface area contributed by atoms with Gasteiger partial charge in [0, 0.05) is 8.95 Å². The Morgan fingerprint density at radius 1 is 0.742 bits per heavy atom. The molecule has 2 aromatic carbocycles. The molecule has 0 aliphatic carbocycles. The topological polar surface area (TPSA) is 18.5 Å². The van der Waals surface area contributed by atoms with Gasteiger partial charge in [-0.25, -0.2) is 0 Å². The summed E-state index contributed by atoms with van der Waals surface area (Å²) in [5.74, 6) is 1.57. The molecule has 0 aliphatic rings. The van der Waals surface area contributed by atoms with Crippen molar-refractivity contribution >= 4 is 95.6 Å². The highest BCUT2D eigenvalue weighted by Crippen LogP contribution is 2.46. The van der Waals surface area contributed by atoms with Crippen LogP contribution in [0.25, 0.3) is 0 Å². The number of unbranched alkanes of at least 4 members (excludes halogenated alkanes) is 4. The van der Waals surface area contributed by atoms with Crippen LogP contribution >= 0.6 is 95.6 Å². The molecule has 172 valence electrons. The number of ether oxygens (including phenoxy) is 2. The normalized spacial score (nSPS) is 11.6. The molecule has 0 fully saturated rings. The second-order valence-electron chi connectivity index (χ2n) is 7.30. The van der Waals surface area contributed by atoms with E-state index < -0.39 is 0 Å². The molecule has 0 spiro atoms. The molecule has 0 unspecified atom stereocenters. The highest BCUT2D eigenvalue weighted by molar-refractivity contribution is 9.24. The van der Waals surface area contributed by atoms with Crippen LogP contribution in [0, 0.1) is 6.92 Å². The smallest absolute Gasteiger partial charge is 0.150 e. The third-order valence-electron chi connectivity index (χ3n) is 4.91. The Bertz CT molecular complexity index is 823. The van der Waals surface area contributed by atoms with Gasteiger partial charge >= 0.3 is 0 Å². The lowest BCUT2D eigenvalue weighted by molar-refractivity contribution is 0.215. The summed E-state index contributed by atoms with van der Waals surface area (Å²) >= 11 is 22.1. The Morgan fingerprint density at radius 2 is 1.29 bits per heavy atom. The highest BCUT2D eigenvalue weighted by Gasteiger charge is 2.24. The van der Waals surface area contributed by atoms with Crippen LogP contribution in [-0.4, -0.2) is 13.2 Å². The van der Waals surface area contributed by atoms with Crippen LogP contribution < -0.4 is 9.47 Å². The third-order valence-corrected chi connectivity index (χ3v) is 11.2. The van der Waals surface area contributed by atoms with Gasteiger partial charge in [0.25, 0.3) is 0 Å². The fraction of sp³-hybridized carbons (Fsp3) is 0.478. The van der Waals surface area contributed by atoms with Crippen LogP contribution in [0.5, 0.6) is 11.5 Å². The van der Waals surface area contributed by atoms with E-state index in [-0.39, 0.29) is 3.23 Å². The predicted molar refractivity (Wildman–Crippen MR) is 152 cm³/mol. The maximum Gasteiger partial charge on any atom is 0.150 e. The quantitative estimate of drug-likeness (QED) is 0.121. The minimum atomic E-state index is -0.182. The lowest BCUT2D eigenvalue weighted by Crippen LogP contribution is -2.11. The lowest BCUT2D eigenvalue weighted by Gasteiger charge is -2.21. The van der Waals surface area contributed by atoms with E-state index in [0.717, 1.165) is 41.4 Å². The minimum absolute atomic E-state index is 0.182. The van der Waals surface area contributed by atoms with Crippen LogP contribution in [0.2, 0.25) is 0 Å². The molecule has 0 aliphatic heterocycles. The fourth-order valence-electron chi connectivity index (χ4n) is 3.04. The van der Waals surface area contributed by atoms with Gasteiger partial charge < -0.3 is 9.47 Å². The molecule has 0 saturated heterocycles. The largest absolute Gasteiger partial charge is 0.490 e. The van der Waals surface area contributed by atoms with Crippen LogP contribution in [0.1, 0.15) is 56.6 Å². The van der Waals surface area contributed by atoms with Gasteiger partial charge in [0.1, 0.15) is 27.9 Å². The molecule has 2 aromatic rings. The Balaban J connectivity index is 1.85. The number of benzene rings is 2. The fourth-order valence-corrected chi connectivity index (χ4v) is 6.64. The molecular formula is C23H26Br6O2. The van der Waals surface area contributed by atoms with Crippen molar-refractivity contribution in [2.45, 2.75) is 55.6 Å². The van der Waals surface area contributed by atoms with Gasteiger partial charge in [0.2, 0.25) is 0 Å². The van der Waals surface area contributed by atoms with Crippen molar-refractivity contribution in [2.75, 3.05) is 13.2 Å². The summed E-state index contributed by atoms with van der Waals surface area (Å²) in [6.45, 7) is 5.15. The summed E-state index contributed by atoms with van der Waals surface area (Å²) in [5, 5.41) is 0. The van der Waals surface area contributed by atoms with Crippen molar-refractivity contribution in [3.05, 3.63) is 53.3 Å². The van der Waals surface area contributed by atoms with Crippen LogP contribution in [0.4, 0.5) is 0 Å². The first kappa shape index (κ1) is 28.2. The van der Waals surface area contributed by atoms with Crippen LogP contribution in [0.15, 0.2) is 42.2 Å². The van der Waals surface area contributed by atoms with Gasteiger partial charge in [-0.1, -0.05) is 83.0 Å². The number of rotatable bonds is 12. The number of hydrogen-bond donors (Lipinski definition) is 0. The van der Waals surface area contributed by atoms with E-state index in [4.69, 9.17) is 9.47 Å². The number of alkyl halides is 2. The first-order valence-electron chi connectivity index (χ1n) is 10.3. The standard InChI is InChI=1S/C23H26Br6O2/c1-3-4-5-6-7-12-23(28,29)16-8-10-17(11-9-16)30-13-14-31-22-20(26)18(24)15(2)19(25)21(22)27/h8-11H,3-7,12-14H2,1-2H3. The Kier molecular flexibility index (Phi) is 12.5. The van der Waals surface area contributed by atoms with Gasteiger partial charge in [0.05, 0.1) is 8.95 Å². The zero-order chi connectivity index (χ0) is 23.0. The number of halogens is 6. The molecule has 0 heterocycles. The van der Waals surface area contributed by atoms with Crippen LogP contribution in [-0.2, 0) is 3.23 Å². The Hall–Kier alpha value is 0.920. The molecule has 0 N–H and O–H groups in total. The highest BCUT2D eigenvalue weighted by atomic mass is 79.9. The van der Waals surface area contributed by atoms with E-state index in [1.54, 1.807) is 0 Å². The molecule has 0 atom stereocenters. The average molecular weight is 814 g/mol. The van der Waals surface area contributed by atoms with Gasteiger partial charge in [-0.05, 0) is 100 Å². The van der Waals surface area contributed by atoms with Gasteiger partial charge in [0.15, 0.2) is 0 Å². The molecular weight excluding hydrogens is 788 g/mol. The molecule has 31 heavy (non-hydrogen) atoms. The van der Waals surface area contributed by atoms with Gasteiger partial charge in [-0.3, -0.25) is 0 Å². The molecule has 2 nitrogen and oxygen atoms in total. The zero-order valence-electron chi connectivity index (χ0n) is 17.6. The van der Waals surface area contributed by atoms with Crippen molar-refractivity contribution in [3.8, 4) is 11.5 Å². The molecule has 0 amide bonds. The molecule has 8 heteroatoms. The minimum Gasteiger partial charge on any atom is -0.490 e. The number of hydrogen-bond acceptors (Lipinski definition) is 2. The summed E-state index contributed by atoms with van der Waals surface area (Å²) in [4.78, 5) is 0. The van der Waals surface area contributed by atoms with Crippen molar-refractivity contribution in [2.24, 2.45) is 0 Å². The van der Waals surface area contributed by atoms with E-state index in [2.05, 4.69) is 115 Å². The van der Waals surface area contributed by atoms with Crippen molar-refractivity contribution in [1.29, 1.82) is 0 Å². The van der Waals surface area contributed by atoms with E-state index in [0.29, 0.717) is 13.2 Å². The van der Waals surface area contributed by atoms with Crippen molar-refractivity contribution < 1.29 is 9.47 Å². The van der Waals surface area contributed by atoms with Gasteiger partial charge in [-0.15, -0.1) is 0 Å². The zero-order valence-corrected chi connectivity index (χ0v) is 27.1. The van der Waals surface area contributed by atoms with E-state index >= 15 is 0 Å². The lowest BCUT2D eigenvalue weighted by atomic mass is 10.0. The molecule has 0 radical (unpaired) electrons. The SMILES string of the molecule is CCCCCCCC(Br)(Br)c1ccc(OCCOc2c(Br)c(Br)c(C)c(Br)c2Br)cc1. The summed E-state index contributed by atoms with van der Waals surface area (Å²) in [5.41, 5.74) is 2.30.